The van der Waals surface area contributed by atoms with E-state index in [-0.39, 0.29) is 5.78 Å². The highest BCUT2D eigenvalue weighted by Gasteiger charge is 1.84. The van der Waals surface area contributed by atoms with Gasteiger partial charge in [-0.1, -0.05) is 36.4 Å². The third-order valence-corrected chi connectivity index (χ3v) is 1.26. The number of ketones is 1. The summed E-state index contributed by atoms with van der Waals surface area (Å²) in [5, 5.41) is 0. The quantitative estimate of drug-likeness (QED) is 0.582. The number of hydrogen-bond acceptors (Lipinski definition) is 1. The highest BCUT2D eigenvalue weighted by Crippen LogP contribution is 2.00. The Kier molecular flexibility index (Phi) is 2.61. The Morgan fingerprint density at radius 2 is 1.91 bits per heavy atom. The lowest BCUT2D eigenvalue weighted by atomic mass is 10.2. The molecule has 0 saturated heterocycles. The summed E-state index contributed by atoms with van der Waals surface area (Å²) in [5.74, 6) is -0.172. The van der Waals surface area contributed by atoms with Crippen LogP contribution in [0, 0.1) is 6.92 Å². The van der Waals surface area contributed by atoms with Crippen LogP contribution in [0.4, 0.5) is 0 Å². The summed E-state index contributed by atoms with van der Waals surface area (Å²) in [5.41, 5.74) is 1.02. The van der Waals surface area contributed by atoms with Crippen LogP contribution in [0.2, 0.25) is 0 Å². The average Bonchev–Trinajstić information content (AvgIpc) is 2.03. The molecule has 0 N–H and O–H groups in total. The largest absolute Gasteiger partial charge is 0.295 e. The fourth-order valence-electron chi connectivity index (χ4n) is 0.753. The molecule has 1 heteroatoms. The molecule has 1 aromatic rings. The molecule has 0 spiro atoms. The lowest BCUT2D eigenvalue weighted by molar-refractivity contribution is -0.110. The monoisotopic (exact) mass is 145 g/mol. The second-order valence-corrected chi connectivity index (χ2v) is 2.21. The summed E-state index contributed by atoms with van der Waals surface area (Å²) in [6.07, 6.45) is 3.20. The van der Waals surface area contributed by atoms with Gasteiger partial charge in [-0.2, -0.15) is 0 Å². The van der Waals surface area contributed by atoms with Gasteiger partial charge in [0.25, 0.3) is 0 Å². The molecule has 0 unspecified atom stereocenters. The number of carbonyl (C=O) groups excluding carboxylic acids is 1. The third kappa shape index (κ3) is 2.80. The first-order valence-electron chi connectivity index (χ1n) is 3.38. The molecule has 1 radical (unpaired) electrons. The molecular weight excluding hydrogens is 136 g/mol. The van der Waals surface area contributed by atoms with Crippen molar-refractivity contribution >= 4 is 11.9 Å². The maximum absolute atomic E-state index is 10.4. The van der Waals surface area contributed by atoms with Crippen molar-refractivity contribution in [3.8, 4) is 0 Å². The molecule has 0 saturated carbocycles. The van der Waals surface area contributed by atoms with Crippen LogP contribution in [0.1, 0.15) is 5.56 Å². The van der Waals surface area contributed by atoms with E-state index in [4.69, 9.17) is 0 Å². The SMILES string of the molecule is [CH2]C(=O)/C=C/c1ccccc1. The van der Waals surface area contributed by atoms with Crippen molar-refractivity contribution < 1.29 is 4.79 Å². The van der Waals surface area contributed by atoms with Crippen molar-refractivity contribution in [3.63, 3.8) is 0 Å². The summed E-state index contributed by atoms with van der Waals surface area (Å²) in [4.78, 5) is 10.4. The average molecular weight is 145 g/mol. The van der Waals surface area contributed by atoms with Crippen molar-refractivity contribution in [1.29, 1.82) is 0 Å². The van der Waals surface area contributed by atoms with Gasteiger partial charge in [-0.15, -0.1) is 0 Å². The molecule has 0 fully saturated rings. The van der Waals surface area contributed by atoms with Crippen molar-refractivity contribution in [3.05, 3.63) is 48.9 Å². The van der Waals surface area contributed by atoms with Gasteiger partial charge in [0.1, 0.15) is 0 Å². The number of carbonyl (C=O) groups is 1. The first kappa shape index (κ1) is 7.73. The van der Waals surface area contributed by atoms with E-state index in [1.165, 1.54) is 6.08 Å². The zero-order valence-corrected chi connectivity index (χ0v) is 6.16. The molecule has 55 valence electrons. The highest BCUT2D eigenvalue weighted by molar-refractivity contribution is 5.96. The minimum atomic E-state index is -0.172. The van der Waals surface area contributed by atoms with E-state index >= 15 is 0 Å². The van der Waals surface area contributed by atoms with Crippen LogP contribution in [-0.4, -0.2) is 5.78 Å². The first-order valence-corrected chi connectivity index (χ1v) is 3.38. The molecule has 1 rings (SSSR count). The summed E-state index contributed by atoms with van der Waals surface area (Å²) in [6.45, 7) is 3.23. The number of rotatable bonds is 2. The molecule has 0 aliphatic rings. The zero-order chi connectivity index (χ0) is 8.10. The van der Waals surface area contributed by atoms with E-state index in [2.05, 4.69) is 6.92 Å². The summed E-state index contributed by atoms with van der Waals surface area (Å²) < 4.78 is 0. The van der Waals surface area contributed by atoms with Gasteiger partial charge in [0, 0.05) is 6.92 Å². The van der Waals surface area contributed by atoms with E-state index in [9.17, 15) is 4.79 Å². The Morgan fingerprint density at radius 1 is 1.27 bits per heavy atom. The van der Waals surface area contributed by atoms with Gasteiger partial charge in [0.15, 0.2) is 5.78 Å². The maximum atomic E-state index is 10.4. The van der Waals surface area contributed by atoms with E-state index < -0.39 is 0 Å². The first-order chi connectivity index (χ1) is 5.29. The van der Waals surface area contributed by atoms with Crippen molar-refractivity contribution in [2.45, 2.75) is 0 Å². The van der Waals surface area contributed by atoms with Crippen LogP contribution in [0.3, 0.4) is 0 Å². The third-order valence-electron chi connectivity index (χ3n) is 1.26. The van der Waals surface area contributed by atoms with E-state index in [1.807, 2.05) is 30.3 Å². The topological polar surface area (TPSA) is 17.1 Å². The predicted molar refractivity (Wildman–Crippen MR) is 45.8 cm³/mol. The molecular formula is C10H9O. The fraction of sp³-hybridized carbons (Fsp3) is 0. The molecule has 0 heterocycles. The van der Waals surface area contributed by atoms with E-state index in [1.54, 1.807) is 6.08 Å². The lowest BCUT2D eigenvalue weighted by Gasteiger charge is -1.88. The van der Waals surface area contributed by atoms with Gasteiger partial charge in [-0.3, -0.25) is 4.79 Å². The molecule has 0 aliphatic carbocycles. The minimum absolute atomic E-state index is 0.172. The Hall–Kier alpha value is -1.37. The predicted octanol–water partition coefficient (Wildman–Crippen LogP) is 2.10. The molecule has 1 aromatic carbocycles. The summed E-state index contributed by atoms with van der Waals surface area (Å²) >= 11 is 0. The second-order valence-electron chi connectivity index (χ2n) is 2.21. The van der Waals surface area contributed by atoms with Crippen LogP contribution < -0.4 is 0 Å². The Bertz CT molecular complexity index is 259. The van der Waals surface area contributed by atoms with E-state index in [0.29, 0.717) is 0 Å². The highest BCUT2D eigenvalue weighted by atomic mass is 16.1. The number of allylic oxidation sites excluding steroid dienone is 1. The molecule has 1 nitrogen and oxygen atoms in total. The minimum Gasteiger partial charge on any atom is -0.295 e. The van der Waals surface area contributed by atoms with Gasteiger partial charge in [0.2, 0.25) is 0 Å². The molecule has 0 atom stereocenters. The number of hydrogen-bond donors (Lipinski definition) is 0. The molecule has 0 aliphatic heterocycles. The molecule has 0 aromatic heterocycles. The van der Waals surface area contributed by atoms with Crippen molar-refractivity contribution in [2.75, 3.05) is 0 Å². The fourth-order valence-corrected chi connectivity index (χ4v) is 0.753. The standard InChI is InChI=1S/C10H9O/c1-9(11)7-8-10-5-3-2-4-6-10/h2-8H,1H2/b8-7+. The second kappa shape index (κ2) is 3.71. The molecule has 11 heavy (non-hydrogen) atoms. The van der Waals surface area contributed by atoms with Crippen LogP contribution in [0.15, 0.2) is 36.4 Å². The van der Waals surface area contributed by atoms with Crippen LogP contribution in [0.25, 0.3) is 6.08 Å². The molecule has 0 amide bonds. The van der Waals surface area contributed by atoms with Crippen LogP contribution >= 0.6 is 0 Å². The molecule has 0 bridgehead atoms. The zero-order valence-electron chi connectivity index (χ0n) is 6.16. The van der Waals surface area contributed by atoms with Gasteiger partial charge in [-0.25, -0.2) is 0 Å². The Morgan fingerprint density at radius 3 is 2.45 bits per heavy atom. The maximum Gasteiger partial charge on any atom is 0.156 e. The summed E-state index contributed by atoms with van der Waals surface area (Å²) in [7, 11) is 0. The van der Waals surface area contributed by atoms with Crippen molar-refractivity contribution in [2.24, 2.45) is 0 Å². The summed E-state index contributed by atoms with van der Waals surface area (Å²) in [6, 6.07) is 9.64. The number of benzene rings is 1. The van der Waals surface area contributed by atoms with Gasteiger partial charge in [-0.05, 0) is 11.6 Å². The van der Waals surface area contributed by atoms with Gasteiger partial charge >= 0.3 is 0 Å². The lowest BCUT2D eigenvalue weighted by Crippen LogP contribution is -1.79. The van der Waals surface area contributed by atoms with Crippen molar-refractivity contribution in [1.82, 2.24) is 0 Å². The van der Waals surface area contributed by atoms with Gasteiger partial charge in [0.05, 0.1) is 0 Å². The van der Waals surface area contributed by atoms with Gasteiger partial charge < -0.3 is 0 Å². The van der Waals surface area contributed by atoms with Crippen LogP contribution in [0.5, 0.6) is 0 Å². The Balaban J connectivity index is 2.72. The Labute approximate surface area is 66.4 Å². The smallest absolute Gasteiger partial charge is 0.156 e. The normalized spacial score (nSPS) is 10.3. The van der Waals surface area contributed by atoms with Crippen LogP contribution in [-0.2, 0) is 4.79 Å². The van der Waals surface area contributed by atoms with E-state index in [0.717, 1.165) is 5.56 Å².